The molecule has 0 saturated heterocycles. The molecule has 0 aliphatic heterocycles. The SMILES string of the molecule is COc1ccccc1Cc1nc(C2CC2)cc(=O)[nH]1. The Bertz CT molecular complexity index is 645. The van der Waals surface area contributed by atoms with Gasteiger partial charge in [-0.2, -0.15) is 0 Å². The van der Waals surface area contributed by atoms with E-state index < -0.39 is 0 Å². The fourth-order valence-corrected chi connectivity index (χ4v) is 2.23. The van der Waals surface area contributed by atoms with Gasteiger partial charge in [0.25, 0.3) is 5.56 Å². The summed E-state index contributed by atoms with van der Waals surface area (Å²) in [4.78, 5) is 19.0. The summed E-state index contributed by atoms with van der Waals surface area (Å²) < 4.78 is 5.32. The van der Waals surface area contributed by atoms with Gasteiger partial charge in [-0.15, -0.1) is 0 Å². The third-order valence-corrected chi connectivity index (χ3v) is 3.36. The van der Waals surface area contributed by atoms with Crippen LogP contribution in [0.5, 0.6) is 5.75 Å². The molecule has 0 spiro atoms. The van der Waals surface area contributed by atoms with Gasteiger partial charge in [0.1, 0.15) is 11.6 Å². The molecule has 1 N–H and O–H groups in total. The average Bonchev–Trinajstić information content (AvgIpc) is 3.23. The van der Waals surface area contributed by atoms with Gasteiger partial charge < -0.3 is 9.72 Å². The summed E-state index contributed by atoms with van der Waals surface area (Å²) in [7, 11) is 1.65. The molecule has 4 nitrogen and oxygen atoms in total. The number of nitrogens with zero attached hydrogens (tertiary/aromatic N) is 1. The van der Waals surface area contributed by atoms with Crippen LogP contribution in [0.25, 0.3) is 0 Å². The molecule has 0 bridgehead atoms. The van der Waals surface area contributed by atoms with Crippen molar-refractivity contribution in [3.8, 4) is 5.75 Å². The predicted molar refractivity (Wildman–Crippen MR) is 72.6 cm³/mol. The van der Waals surface area contributed by atoms with Crippen molar-refractivity contribution in [2.75, 3.05) is 7.11 Å². The van der Waals surface area contributed by atoms with Gasteiger partial charge >= 0.3 is 0 Å². The van der Waals surface area contributed by atoms with E-state index in [1.807, 2.05) is 24.3 Å². The predicted octanol–water partition coefficient (Wildman–Crippen LogP) is 2.25. The molecule has 1 aromatic heterocycles. The minimum atomic E-state index is -0.0678. The zero-order chi connectivity index (χ0) is 13.2. The van der Waals surface area contributed by atoms with Gasteiger partial charge in [0.2, 0.25) is 0 Å². The van der Waals surface area contributed by atoms with Gasteiger partial charge in [-0.05, 0) is 18.9 Å². The van der Waals surface area contributed by atoms with Crippen LogP contribution < -0.4 is 10.3 Å². The van der Waals surface area contributed by atoms with Gasteiger partial charge in [-0.1, -0.05) is 18.2 Å². The quantitative estimate of drug-likeness (QED) is 0.912. The molecule has 0 unspecified atom stereocenters. The van der Waals surface area contributed by atoms with E-state index in [-0.39, 0.29) is 5.56 Å². The number of H-pyrrole nitrogens is 1. The first-order valence-corrected chi connectivity index (χ1v) is 6.48. The number of aromatic nitrogens is 2. The van der Waals surface area contributed by atoms with E-state index in [9.17, 15) is 4.79 Å². The highest BCUT2D eigenvalue weighted by molar-refractivity contribution is 5.35. The first-order valence-electron chi connectivity index (χ1n) is 6.48. The number of nitrogens with one attached hydrogen (secondary N) is 1. The van der Waals surface area contributed by atoms with Crippen LogP contribution >= 0.6 is 0 Å². The fraction of sp³-hybridized carbons (Fsp3) is 0.333. The normalized spacial score (nSPS) is 14.4. The molecule has 1 aliphatic rings. The van der Waals surface area contributed by atoms with E-state index in [0.717, 1.165) is 29.8 Å². The van der Waals surface area contributed by atoms with Crippen LogP contribution in [0.4, 0.5) is 0 Å². The van der Waals surface area contributed by atoms with Gasteiger partial charge in [0, 0.05) is 24.0 Å². The van der Waals surface area contributed by atoms with Crippen LogP contribution in [0, 0.1) is 0 Å². The molecule has 1 aromatic carbocycles. The second-order valence-corrected chi connectivity index (χ2v) is 4.88. The van der Waals surface area contributed by atoms with Crippen LogP contribution in [0.15, 0.2) is 35.1 Å². The zero-order valence-corrected chi connectivity index (χ0v) is 10.8. The molecule has 0 amide bonds. The van der Waals surface area contributed by atoms with E-state index >= 15 is 0 Å². The Labute approximate surface area is 111 Å². The molecule has 0 atom stereocenters. The third-order valence-electron chi connectivity index (χ3n) is 3.36. The second kappa shape index (κ2) is 4.88. The molecule has 2 aromatic rings. The number of benzene rings is 1. The summed E-state index contributed by atoms with van der Waals surface area (Å²) in [5, 5.41) is 0. The number of para-hydroxylation sites is 1. The summed E-state index contributed by atoms with van der Waals surface area (Å²) >= 11 is 0. The average molecular weight is 256 g/mol. The standard InChI is InChI=1S/C15H16N2O2/c1-19-13-5-3-2-4-11(13)8-14-16-12(10-6-7-10)9-15(18)17-14/h2-5,9-10H,6-8H2,1H3,(H,16,17,18). The fourth-order valence-electron chi connectivity index (χ4n) is 2.23. The van der Waals surface area contributed by atoms with Crippen LogP contribution in [0.1, 0.15) is 35.8 Å². The van der Waals surface area contributed by atoms with E-state index in [1.165, 1.54) is 0 Å². The first kappa shape index (κ1) is 12.0. The molecule has 1 fully saturated rings. The van der Waals surface area contributed by atoms with Crippen LogP contribution in [-0.4, -0.2) is 17.1 Å². The first-order chi connectivity index (χ1) is 9.26. The molecule has 3 rings (SSSR count). The molecule has 1 saturated carbocycles. The maximum absolute atomic E-state index is 11.7. The highest BCUT2D eigenvalue weighted by Gasteiger charge is 2.25. The zero-order valence-electron chi connectivity index (χ0n) is 10.8. The molecule has 98 valence electrons. The number of ether oxygens (including phenoxy) is 1. The smallest absolute Gasteiger partial charge is 0.251 e. The van der Waals surface area contributed by atoms with Gasteiger partial charge in [-0.3, -0.25) is 4.79 Å². The van der Waals surface area contributed by atoms with Crippen LogP contribution in [0.2, 0.25) is 0 Å². The summed E-state index contributed by atoms with van der Waals surface area (Å²) in [6.07, 6.45) is 2.87. The maximum Gasteiger partial charge on any atom is 0.251 e. The summed E-state index contributed by atoms with van der Waals surface area (Å²) in [6.45, 7) is 0. The van der Waals surface area contributed by atoms with Crippen molar-refractivity contribution in [2.45, 2.75) is 25.2 Å². The minimum Gasteiger partial charge on any atom is -0.496 e. The molecular formula is C15H16N2O2. The number of rotatable bonds is 4. The van der Waals surface area contributed by atoms with Crippen molar-refractivity contribution in [1.82, 2.24) is 9.97 Å². The van der Waals surface area contributed by atoms with Crippen molar-refractivity contribution < 1.29 is 4.74 Å². The maximum atomic E-state index is 11.7. The Kier molecular flexibility index (Phi) is 3.07. The molecular weight excluding hydrogens is 240 g/mol. The van der Waals surface area contributed by atoms with Crippen molar-refractivity contribution in [3.63, 3.8) is 0 Å². The van der Waals surface area contributed by atoms with Crippen LogP contribution in [0.3, 0.4) is 0 Å². The third kappa shape index (κ3) is 2.67. The molecule has 4 heteroatoms. The summed E-state index contributed by atoms with van der Waals surface area (Å²) in [5.74, 6) is 2.01. The van der Waals surface area contributed by atoms with Gasteiger partial charge in [0.15, 0.2) is 0 Å². The van der Waals surface area contributed by atoms with E-state index in [1.54, 1.807) is 13.2 Å². The Balaban J connectivity index is 1.92. The van der Waals surface area contributed by atoms with Crippen molar-refractivity contribution in [2.24, 2.45) is 0 Å². The van der Waals surface area contributed by atoms with E-state index in [4.69, 9.17) is 4.74 Å². The molecule has 0 radical (unpaired) electrons. The van der Waals surface area contributed by atoms with Gasteiger partial charge in [-0.25, -0.2) is 4.98 Å². The molecule has 1 aliphatic carbocycles. The molecule has 1 heterocycles. The van der Waals surface area contributed by atoms with Crippen molar-refractivity contribution in [1.29, 1.82) is 0 Å². The highest BCUT2D eigenvalue weighted by atomic mass is 16.5. The highest BCUT2D eigenvalue weighted by Crippen LogP contribution is 2.38. The topological polar surface area (TPSA) is 55.0 Å². The number of hydrogen-bond acceptors (Lipinski definition) is 3. The van der Waals surface area contributed by atoms with E-state index in [2.05, 4.69) is 9.97 Å². The van der Waals surface area contributed by atoms with Crippen molar-refractivity contribution >= 4 is 0 Å². The van der Waals surface area contributed by atoms with Gasteiger partial charge in [0.05, 0.1) is 12.8 Å². The Morgan fingerprint density at radius 2 is 2.16 bits per heavy atom. The minimum absolute atomic E-state index is 0.0678. The number of hydrogen-bond donors (Lipinski definition) is 1. The molecule has 19 heavy (non-hydrogen) atoms. The summed E-state index contributed by atoms with van der Waals surface area (Å²) in [6, 6.07) is 9.41. The Morgan fingerprint density at radius 3 is 2.89 bits per heavy atom. The monoisotopic (exact) mass is 256 g/mol. The number of methoxy groups -OCH3 is 1. The lowest BCUT2D eigenvalue weighted by molar-refractivity contribution is 0.410. The lowest BCUT2D eigenvalue weighted by Gasteiger charge is -2.08. The summed E-state index contributed by atoms with van der Waals surface area (Å²) in [5.41, 5.74) is 1.89. The lowest BCUT2D eigenvalue weighted by Crippen LogP contribution is -2.13. The second-order valence-electron chi connectivity index (χ2n) is 4.88. The largest absolute Gasteiger partial charge is 0.496 e. The Morgan fingerprint density at radius 1 is 1.37 bits per heavy atom. The van der Waals surface area contributed by atoms with E-state index in [0.29, 0.717) is 18.2 Å². The van der Waals surface area contributed by atoms with Crippen LogP contribution in [-0.2, 0) is 6.42 Å². The Hall–Kier alpha value is -2.10. The van der Waals surface area contributed by atoms with Crippen molar-refractivity contribution in [3.05, 3.63) is 57.8 Å². The number of aromatic amines is 1. The lowest BCUT2D eigenvalue weighted by atomic mass is 10.1.